The lowest BCUT2D eigenvalue weighted by atomic mass is 10.1. The van der Waals surface area contributed by atoms with Gasteiger partial charge in [0.05, 0.1) is 10.6 Å². The predicted molar refractivity (Wildman–Crippen MR) is 161 cm³/mol. The lowest BCUT2D eigenvalue weighted by Gasteiger charge is -2.35. The van der Waals surface area contributed by atoms with Gasteiger partial charge in [-0.1, -0.05) is 67.1 Å². The molecule has 0 aromatic heterocycles. The Morgan fingerprint density at radius 2 is 1.55 bits per heavy atom. The number of rotatable bonds is 11. The molecule has 40 heavy (non-hydrogen) atoms. The van der Waals surface area contributed by atoms with Crippen molar-refractivity contribution >= 4 is 39.1 Å². The number of carbonyl (C=O) groups excluding carboxylic acids is 2. The summed E-state index contributed by atoms with van der Waals surface area (Å²) in [6, 6.07) is 21.8. The van der Waals surface area contributed by atoms with Crippen LogP contribution >= 0.6 is 11.6 Å². The Morgan fingerprint density at radius 3 is 2.10 bits per heavy atom. The Hall–Kier alpha value is -3.36. The summed E-state index contributed by atoms with van der Waals surface area (Å²) >= 11 is 6.17. The van der Waals surface area contributed by atoms with E-state index in [9.17, 15) is 18.0 Å². The molecule has 3 aromatic carbocycles. The minimum atomic E-state index is -4.12. The van der Waals surface area contributed by atoms with Crippen molar-refractivity contribution in [2.75, 3.05) is 17.4 Å². The lowest BCUT2D eigenvalue weighted by Crippen LogP contribution is -2.56. The van der Waals surface area contributed by atoms with E-state index in [1.165, 1.54) is 17.0 Å². The van der Waals surface area contributed by atoms with E-state index in [-0.39, 0.29) is 17.3 Å². The number of benzene rings is 3. The molecule has 0 aliphatic carbocycles. The van der Waals surface area contributed by atoms with Gasteiger partial charge in [0.2, 0.25) is 11.8 Å². The van der Waals surface area contributed by atoms with E-state index in [4.69, 9.17) is 11.6 Å². The van der Waals surface area contributed by atoms with Crippen molar-refractivity contribution in [3.8, 4) is 0 Å². The quantitative estimate of drug-likeness (QED) is 0.318. The van der Waals surface area contributed by atoms with E-state index < -0.39 is 34.1 Å². The van der Waals surface area contributed by atoms with Crippen LogP contribution in [0.4, 0.5) is 5.69 Å². The molecule has 1 N–H and O–H groups in total. The van der Waals surface area contributed by atoms with E-state index in [2.05, 4.69) is 5.32 Å². The number of nitrogens with one attached hydrogen (secondary N) is 1. The van der Waals surface area contributed by atoms with Gasteiger partial charge in [-0.15, -0.1) is 0 Å². The summed E-state index contributed by atoms with van der Waals surface area (Å²) in [5.74, 6) is -0.753. The number of hydrogen-bond acceptors (Lipinski definition) is 4. The zero-order valence-corrected chi connectivity index (χ0v) is 25.3. The van der Waals surface area contributed by atoms with Gasteiger partial charge in [-0.25, -0.2) is 8.42 Å². The summed E-state index contributed by atoms with van der Waals surface area (Å²) < 4.78 is 28.9. The standard InChI is InChI=1S/C31H38ClN3O4S/c1-6-27(30(37)33-31(3,4)5)34(20-19-24-13-9-7-10-14-24)29(36)22-35(28-18-17-25(32)21-23(28)2)40(38,39)26-15-11-8-12-16-26/h7-18,21,27H,6,19-20,22H2,1-5H3,(H,33,37). The van der Waals surface area contributed by atoms with Gasteiger partial charge in [-0.3, -0.25) is 13.9 Å². The molecule has 0 aliphatic heterocycles. The van der Waals surface area contributed by atoms with Gasteiger partial charge in [0, 0.05) is 17.1 Å². The molecule has 214 valence electrons. The van der Waals surface area contributed by atoms with Crippen LogP contribution in [-0.2, 0) is 26.0 Å². The molecule has 2 amide bonds. The second kappa shape index (κ2) is 13.3. The van der Waals surface area contributed by atoms with Crippen LogP contribution in [0.15, 0.2) is 83.8 Å². The molecule has 9 heteroatoms. The molecule has 0 heterocycles. The molecular formula is C31H38ClN3O4S. The number of anilines is 1. The van der Waals surface area contributed by atoms with Crippen molar-refractivity contribution in [1.29, 1.82) is 0 Å². The van der Waals surface area contributed by atoms with Crippen molar-refractivity contribution < 1.29 is 18.0 Å². The third-order valence-electron chi connectivity index (χ3n) is 6.41. The SMILES string of the molecule is CCC(C(=O)NC(C)(C)C)N(CCc1ccccc1)C(=O)CN(c1ccc(Cl)cc1C)S(=O)(=O)c1ccccc1. The van der Waals surface area contributed by atoms with Gasteiger partial charge in [-0.05, 0) is 82.0 Å². The summed E-state index contributed by atoms with van der Waals surface area (Å²) in [7, 11) is -4.12. The number of nitrogens with zero attached hydrogens (tertiary/aromatic N) is 2. The summed E-state index contributed by atoms with van der Waals surface area (Å²) in [6.45, 7) is 9.00. The fraction of sp³-hybridized carbons (Fsp3) is 0.355. The molecule has 0 bridgehead atoms. The summed E-state index contributed by atoms with van der Waals surface area (Å²) in [6.07, 6.45) is 0.880. The second-order valence-corrected chi connectivity index (χ2v) is 13.0. The van der Waals surface area contributed by atoms with Gasteiger partial charge >= 0.3 is 0 Å². The molecule has 3 rings (SSSR count). The van der Waals surface area contributed by atoms with Gasteiger partial charge in [0.15, 0.2) is 0 Å². The molecule has 1 atom stereocenters. The van der Waals surface area contributed by atoms with Crippen LogP contribution in [0.2, 0.25) is 5.02 Å². The Morgan fingerprint density at radius 1 is 0.950 bits per heavy atom. The molecular weight excluding hydrogens is 546 g/mol. The van der Waals surface area contributed by atoms with Gasteiger partial charge in [0.25, 0.3) is 10.0 Å². The first kappa shape index (κ1) is 31.2. The van der Waals surface area contributed by atoms with E-state index in [1.807, 2.05) is 58.0 Å². The monoisotopic (exact) mass is 583 g/mol. The van der Waals surface area contributed by atoms with E-state index >= 15 is 0 Å². The van der Waals surface area contributed by atoms with Crippen LogP contribution in [0.3, 0.4) is 0 Å². The maximum absolute atomic E-state index is 14.1. The van der Waals surface area contributed by atoms with E-state index in [0.29, 0.717) is 29.1 Å². The number of aryl methyl sites for hydroxylation is 1. The molecule has 3 aromatic rings. The normalized spacial score (nSPS) is 12.4. The van der Waals surface area contributed by atoms with E-state index in [1.54, 1.807) is 43.3 Å². The first-order valence-corrected chi connectivity index (χ1v) is 15.1. The van der Waals surface area contributed by atoms with Crippen LogP contribution in [-0.4, -0.2) is 49.8 Å². The molecule has 0 saturated heterocycles. The molecule has 0 fully saturated rings. The van der Waals surface area contributed by atoms with Crippen molar-refractivity contribution in [3.05, 3.63) is 95.0 Å². The Kier molecular flexibility index (Phi) is 10.4. The van der Waals surface area contributed by atoms with Crippen molar-refractivity contribution in [1.82, 2.24) is 10.2 Å². The summed E-state index contributed by atoms with van der Waals surface area (Å²) in [4.78, 5) is 29.0. The Labute approximate surface area is 243 Å². The third-order valence-corrected chi connectivity index (χ3v) is 8.41. The van der Waals surface area contributed by atoms with Crippen LogP contribution < -0.4 is 9.62 Å². The molecule has 1 unspecified atom stereocenters. The second-order valence-electron chi connectivity index (χ2n) is 10.7. The fourth-order valence-corrected chi connectivity index (χ4v) is 6.21. The van der Waals surface area contributed by atoms with Crippen molar-refractivity contribution in [2.24, 2.45) is 0 Å². The maximum Gasteiger partial charge on any atom is 0.264 e. The molecule has 0 spiro atoms. The Bertz CT molecular complexity index is 1410. The molecule has 0 saturated carbocycles. The minimum Gasteiger partial charge on any atom is -0.350 e. The highest BCUT2D eigenvalue weighted by atomic mass is 35.5. The zero-order valence-electron chi connectivity index (χ0n) is 23.7. The Balaban J connectivity index is 2.04. The smallest absolute Gasteiger partial charge is 0.264 e. The van der Waals surface area contributed by atoms with Crippen LogP contribution in [0, 0.1) is 6.92 Å². The fourth-order valence-electron chi connectivity index (χ4n) is 4.48. The number of halogens is 1. The molecule has 0 aliphatic rings. The molecule has 0 radical (unpaired) electrons. The first-order valence-electron chi connectivity index (χ1n) is 13.3. The number of amides is 2. The van der Waals surface area contributed by atoms with Crippen LogP contribution in [0.5, 0.6) is 0 Å². The van der Waals surface area contributed by atoms with Crippen molar-refractivity contribution in [2.45, 2.75) is 63.9 Å². The van der Waals surface area contributed by atoms with Gasteiger partial charge in [-0.2, -0.15) is 0 Å². The largest absolute Gasteiger partial charge is 0.350 e. The minimum absolute atomic E-state index is 0.0607. The van der Waals surface area contributed by atoms with Crippen LogP contribution in [0.1, 0.15) is 45.2 Å². The highest BCUT2D eigenvalue weighted by Gasteiger charge is 2.34. The zero-order chi connectivity index (χ0) is 29.5. The highest BCUT2D eigenvalue weighted by Crippen LogP contribution is 2.29. The third kappa shape index (κ3) is 8.08. The summed E-state index contributed by atoms with van der Waals surface area (Å²) in [5.41, 5.74) is 1.46. The topological polar surface area (TPSA) is 86.8 Å². The number of sulfonamides is 1. The van der Waals surface area contributed by atoms with Crippen molar-refractivity contribution in [3.63, 3.8) is 0 Å². The predicted octanol–water partition coefficient (Wildman–Crippen LogP) is 5.61. The van der Waals surface area contributed by atoms with Gasteiger partial charge < -0.3 is 10.2 Å². The number of carbonyl (C=O) groups is 2. The lowest BCUT2D eigenvalue weighted by molar-refractivity contribution is -0.140. The average Bonchev–Trinajstić information content (AvgIpc) is 2.90. The highest BCUT2D eigenvalue weighted by molar-refractivity contribution is 7.92. The number of hydrogen-bond donors (Lipinski definition) is 1. The molecule has 7 nitrogen and oxygen atoms in total. The average molecular weight is 584 g/mol. The van der Waals surface area contributed by atoms with Gasteiger partial charge in [0.1, 0.15) is 12.6 Å². The van der Waals surface area contributed by atoms with E-state index in [0.717, 1.165) is 9.87 Å². The van der Waals surface area contributed by atoms with Crippen LogP contribution in [0.25, 0.3) is 0 Å². The first-order chi connectivity index (χ1) is 18.8. The maximum atomic E-state index is 14.1. The summed E-state index contributed by atoms with van der Waals surface area (Å²) in [5, 5.41) is 3.44.